The molecule has 0 bridgehead atoms. The molecule has 0 unspecified atom stereocenters. The predicted molar refractivity (Wildman–Crippen MR) is 52.4 cm³/mol. The summed E-state index contributed by atoms with van der Waals surface area (Å²) in [7, 11) is -3.42. The molecule has 1 aromatic rings. The second kappa shape index (κ2) is 4.40. The molecule has 7 nitrogen and oxygen atoms in total. The van der Waals surface area contributed by atoms with Crippen LogP contribution in [0.1, 0.15) is 12.5 Å². The highest BCUT2D eigenvalue weighted by Crippen LogP contribution is 2.04. The second-order valence-electron chi connectivity index (χ2n) is 2.63. The fourth-order valence-electron chi connectivity index (χ4n) is 0.876. The van der Waals surface area contributed by atoms with Gasteiger partial charge in [-0.05, 0) is 0 Å². The average molecular weight is 219 g/mol. The third-order valence-corrected chi connectivity index (χ3v) is 2.73. The van der Waals surface area contributed by atoms with E-state index in [2.05, 4.69) is 19.6 Å². The summed E-state index contributed by atoms with van der Waals surface area (Å²) in [5, 5.41) is 6.17. The van der Waals surface area contributed by atoms with E-state index in [0.29, 0.717) is 17.9 Å². The molecular formula is C6H13N5O2S. The topological polar surface area (TPSA) is 113 Å². The molecule has 1 heterocycles. The molecular weight excluding hydrogens is 206 g/mol. The molecule has 0 aliphatic carbocycles. The normalized spacial score (nSPS) is 11.8. The van der Waals surface area contributed by atoms with E-state index >= 15 is 0 Å². The summed E-state index contributed by atoms with van der Waals surface area (Å²) < 4.78 is 26.9. The Morgan fingerprint density at radius 2 is 2.29 bits per heavy atom. The molecule has 1 aromatic heterocycles. The van der Waals surface area contributed by atoms with E-state index in [1.807, 2.05) is 0 Å². The summed E-state index contributed by atoms with van der Waals surface area (Å²) in [4.78, 5) is 0. The maximum absolute atomic E-state index is 11.1. The fourth-order valence-corrected chi connectivity index (χ4v) is 1.70. The van der Waals surface area contributed by atoms with Crippen LogP contribution in [0.2, 0.25) is 0 Å². The summed E-state index contributed by atoms with van der Waals surface area (Å²) in [6, 6.07) is 0. The quantitative estimate of drug-likeness (QED) is 0.505. The molecule has 1 rings (SSSR count). The second-order valence-corrected chi connectivity index (χ2v) is 4.22. The van der Waals surface area contributed by atoms with Gasteiger partial charge in [0.05, 0.1) is 6.20 Å². The summed E-state index contributed by atoms with van der Waals surface area (Å²) >= 11 is 0. The summed E-state index contributed by atoms with van der Waals surface area (Å²) in [6.07, 6.45) is 1.48. The molecule has 0 atom stereocenters. The lowest BCUT2D eigenvalue weighted by molar-refractivity contribution is 0.568. The van der Waals surface area contributed by atoms with Crippen LogP contribution in [0.3, 0.4) is 0 Å². The van der Waals surface area contributed by atoms with Crippen LogP contribution in [-0.2, 0) is 16.8 Å². The van der Waals surface area contributed by atoms with Gasteiger partial charge in [-0.2, -0.15) is 18.2 Å². The number of hydrogen-bond acceptors (Lipinski definition) is 4. The maximum atomic E-state index is 11.1. The number of aromatic nitrogens is 2. The number of aromatic amines is 1. The minimum Gasteiger partial charge on any atom is -0.384 e. The van der Waals surface area contributed by atoms with E-state index in [9.17, 15) is 8.42 Å². The largest absolute Gasteiger partial charge is 0.384 e. The molecule has 0 radical (unpaired) electrons. The first kappa shape index (κ1) is 11.0. The minimum absolute atomic E-state index is 0.123. The number of nitrogens with one attached hydrogen (secondary N) is 3. The highest BCUT2D eigenvalue weighted by molar-refractivity contribution is 7.87. The molecule has 14 heavy (non-hydrogen) atoms. The smallest absolute Gasteiger partial charge is 0.277 e. The number of rotatable bonds is 5. The van der Waals surface area contributed by atoms with Crippen molar-refractivity contribution < 1.29 is 8.42 Å². The maximum Gasteiger partial charge on any atom is 0.277 e. The van der Waals surface area contributed by atoms with E-state index in [1.165, 1.54) is 6.20 Å². The molecule has 0 aromatic carbocycles. The van der Waals surface area contributed by atoms with E-state index in [-0.39, 0.29) is 6.54 Å². The first-order chi connectivity index (χ1) is 6.55. The Morgan fingerprint density at radius 1 is 1.57 bits per heavy atom. The molecule has 0 aliphatic rings. The van der Waals surface area contributed by atoms with Crippen LogP contribution in [0.25, 0.3) is 0 Å². The van der Waals surface area contributed by atoms with E-state index < -0.39 is 10.2 Å². The molecule has 8 heteroatoms. The zero-order chi connectivity index (χ0) is 10.6. The Morgan fingerprint density at radius 3 is 2.79 bits per heavy atom. The van der Waals surface area contributed by atoms with Gasteiger partial charge in [0.1, 0.15) is 5.82 Å². The molecule has 0 spiro atoms. The molecule has 0 saturated carbocycles. The Labute approximate surface area is 82.3 Å². The van der Waals surface area contributed by atoms with Crippen LogP contribution in [0.15, 0.2) is 6.20 Å². The summed E-state index contributed by atoms with van der Waals surface area (Å²) in [5.41, 5.74) is 6.09. The predicted octanol–water partition coefficient (Wildman–Crippen LogP) is -1.06. The van der Waals surface area contributed by atoms with Gasteiger partial charge >= 0.3 is 0 Å². The van der Waals surface area contributed by atoms with Gasteiger partial charge in [0, 0.05) is 18.7 Å². The van der Waals surface area contributed by atoms with E-state index in [0.717, 1.165) is 0 Å². The van der Waals surface area contributed by atoms with Crippen LogP contribution in [0, 0.1) is 0 Å². The number of anilines is 1. The first-order valence-corrected chi connectivity index (χ1v) is 5.55. The van der Waals surface area contributed by atoms with Gasteiger partial charge < -0.3 is 5.73 Å². The van der Waals surface area contributed by atoms with E-state index in [4.69, 9.17) is 5.73 Å². The number of nitrogens with two attached hydrogens (primary N) is 1. The van der Waals surface area contributed by atoms with Gasteiger partial charge in [-0.3, -0.25) is 5.10 Å². The van der Waals surface area contributed by atoms with Crippen LogP contribution >= 0.6 is 0 Å². The van der Waals surface area contributed by atoms with Crippen molar-refractivity contribution in [3.05, 3.63) is 11.8 Å². The first-order valence-electron chi connectivity index (χ1n) is 4.07. The average Bonchev–Trinajstić information content (AvgIpc) is 2.48. The Kier molecular flexibility index (Phi) is 3.44. The molecule has 0 fully saturated rings. The standard InChI is InChI=1S/C6H13N5O2S/c1-2-9-14(12,13)10-4-5-3-8-11-6(5)7/h3,9-10H,2,4H2,1H3,(H3,7,8,11). The van der Waals surface area contributed by atoms with Crippen molar-refractivity contribution in [2.75, 3.05) is 12.3 Å². The van der Waals surface area contributed by atoms with Crippen molar-refractivity contribution in [2.24, 2.45) is 0 Å². The van der Waals surface area contributed by atoms with Gasteiger partial charge in [0.25, 0.3) is 10.2 Å². The SMILES string of the molecule is CCNS(=O)(=O)NCc1cn[nH]c1N. The fraction of sp³-hybridized carbons (Fsp3) is 0.500. The van der Waals surface area contributed by atoms with Gasteiger partial charge in [0.15, 0.2) is 0 Å². The highest BCUT2D eigenvalue weighted by atomic mass is 32.2. The van der Waals surface area contributed by atoms with Crippen molar-refractivity contribution in [1.82, 2.24) is 19.6 Å². The lowest BCUT2D eigenvalue weighted by Gasteiger charge is -2.05. The van der Waals surface area contributed by atoms with Crippen LogP contribution in [0.4, 0.5) is 5.82 Å². The highest BCUT2D eigenvalue weighted by Gasteiger charge is 2.08. The van der Waals surface area contributed by atoms with E-state index in [1.54, 1.807) is 6.92 Å². The molecule has 5 N–H and O–H groups in total. The minimum atomic E-state index is -3.42. The molecule has 0 saturated heterocycles. The Balaban J connectivity index is 2.53. The van der Waals surface area contributed by atoms with Gasteiger partial charge in [-0.15, -0.1) is 0 Å². The zero-order valence-electron chi connectivity index (χ0n) is 7.74. The lowest BCUT2D eigenvalue weighted by Crippen LogP contribution is -2.35. The van der Waals surface area contributed by atoms with Gasteiger partial charge in [-0.25, -0.2) is 4.72 Å². The number of nitrogen functional groups attached to an aromatic ring is 1. The van der Waals surface area contributed by atoms with Gasteiger partial charge in [-0.1, -0.05) is 6.92 Å². The third-order valence-electron chi connectivity index (χ3n) is 1.54. The van der Waals surface area contributed by atoms with Crippen molar-refractivity contribution in [1.29, 1.82) is 0 Å². The van der Waals surface area contributed by atoms with Crippen LogP contribution in [-0.4, -0.2) is 25.2 Å². The van der Waals surface area contributed by atoms with Crippen molar-refractivity contribution in [3.8, 4) is 0 Å². The molecule has 0 aliphatic heterocycles. The summed E-state index contributed by atoms with van der Waals surface area (Å²) in [6.45, 7) is 2.17. The van der Waals surface area contributed by atoms with Crippen molar-refractivity contribution in [3.63, 3.8) is 0 Å². The monoisotopic (exact) mass is 219 g/mol. The van der Waals surface area contributed by atoms with Gasteiger partial charge in [0.2, 0.25) is 0 Å². The lowest BCUT2D eigenvalue weighted by atomic mass is 10.3. The third kappa shape index (κ3) is 2.98. The Bertz CT molecular complexity index is 385. The van der Waals surface area contributed by atoms with Crippen molar-refractivity contribution in [2.45, 2.75) is 13.5 Å². The number of nitrogens with zero attached hydrogens (tertiary/aromatic N) is 1. The van der Waals surface area contributed by atoms with Crippen LogP contribution in [0.5, 0.6) is 0 Å². The zero-order valence-corrected chi connectivity index (χ0v) is 8.56. The summed E-state index contributed by atoms with van der Waals surface area (Å²) in [5.74, 6) is 0.365. The number of hydrogen-bond donors (Lipinski definition) is 4. The number of H-pyrrole nitrogens is 1. The van der Waals surface area contributed by atoms with Crippen LogP contribution < -0.4 is 15.2 Å². The van der Waals surface area contributed by atoms with Crippen molar-refractivity contribution >= 4 is 16.0 Å². The Hall–Kier alpha value is -1.12. The molecule has 80 valence electrons. The molecule has 0 amide bonds.